The van der Waals surface area contributed by atoms with Gasteiger partial charge in [-0.25, -0.2) is 4.79 Å². The number of nitrogens with zero attached hydrogens (tertiary/aromatic N) is 3. The van der Waals surface area contributed by atoms with Gasteiger partial charge in [0.1, 0.15) is 0 Å². The van der Waals surface area contributed by atoms with Gasteiger partial charge < -0.3 is 9.88 Å². The second-order valence-electron chi connectivity index (χ2n) is 5.17. The van der Waals surface area contributed by atoms with Gasteiger partial charge in [0.25, 0.3) is 0 Å². The van der Waals surface area contributed by atoms with Crippen molar-refractivity contribution in [3.05, 3.63) is 29.3 Å². The summed E-state index contributed by atoms with van der Waals surface area (Å²) in [6, 6.07) is 6.86. The number of carbonyl (C=O) groups is 2. The van der Waals surface area contributed by atoms with E-state index in [2.05, 4.69) is 20.8 Å². The van der Waals surface area contributed by atoms with Crippen LogP contribution in [0.4, 0.5) is 4.79 Å². The molecule has 2 aromatic rings. The molecule has 1 aromatic heterocycles. The smallest absolute Gasteiger partial charge is 0.321 e. The van der Waals surface area contributed by atoms with E-state index in [4.69, 9.17) is 11.6 Å². The SMILES string of the molecule is CCNC(=O)NC(=O)C(C)Sc1nnc(-c2cccc(Cl)c2)n1CC. The first kappa shape index (κ1) is 19.3. The highest BCUT2D eigenvalue weighted by Gasteiger charge is 2.21. The number of imide groups is 1. The number of hydrogen-bond donors (Lipinski definition) is 2. The summed E-state index contributed by atoms with van der Waals surface area (Å²) in [6.07, 6.45) is 0. The van der Waals surface area contributed by atoms with Gasteiger partial charge in [0.15, 0.2) is 11.0 Å². The van der Waals surface area contributed by atoms with Gasteiger partial charge in [-0.1, -0.05) is 35.5 Å². The van der Waals surface area contributed by atoms with E-state index < -0.39 is 11.3 Å². The van der Waals surface area contributed by atoms with Crippen LogP contribution in [0.25, 0.3) is 11.4 Å². The lowest BCUT2D eigenvalue weighted by atomic mass is 10.2. The van der Waals surface area contributed by atoms with E-state index in [1.54, 1.807) is 19.9 Å². The van der Waals surface area contributed by atoms with Crippen LogP contribution in [0.15, 0.2) is 29.4 Å². The molecule has 0 spiro atoms. The summed E-state index contributed by atoms with van der Waals surface area (Å²) < 4.78 is 1.91. The van der Waals surface area contributed by atoms with Crippen LogP contribution in [0.2, 0.25) is 5.02 Å². The van der Waals surface area contributed by atoms with Crippen LogP contribution < -0.4 is 10.6 Å². The first-order chi connectivity index (χ1) is 12.0. The lowest BCUT2D eigenvalue weighted by molar-refractivity contribution is -0.119. The van der Waals surface area contributed by atoms with Crippen LogP contribution in [0, 0.1) is 0 Å². The van der Waals surface area contributed by atoms with Crippen LogP contribution in [-0.4, -0.2) is 38.5 Å². The van der Waals surface area contributed by atoms with Crippen LogP contribution in [0.3, 0.4) is 0 Å². The van der Waals surface area contributed by atoms with Crippen molar-refractivity contribution >= 4 is 35.3 Å². The third-order valence-electron chi connectivity index (χ3n) is 3.34. The fraction of sp³-hybridized carbons (Fsp3) is 0.375. The maximum absolute atomic E-state index is 12.1. The average Bonchev–Trinajstić information content (AvgIpc) is 2.97. The Morgan fingerprint density at radius 1 is 1.32 bits per heavy atom. The van der Waals surface area contributed by atoms with Crippen molar-refractivity contribution in [1.82, 2.24) is 25.4 Å². The van der Waals surface area contributed by atoms with Crippen LogP contribution >= 0.6 is 23.4 Å². The molecule has 1 unspecified atom stereocenters. The van der Waals surface area contributed by atoms with E-state index in [0.717, 1.165) is 5.56 Å². The number of halogens is 1. The molecule has 25 heavy (non-hydrogen) atoms. The number of amides is 3. The maximum atomic E-state index is 12.1. The Labute approximate surface area is 155 Å². The van der Waals surface area contributed by atoms with E-state index >= 15 is 0 Å². The third-order valence-corrected chi connectivity index (χ3v) is 4.66. The van der Waals surface area contributed by atoms with Crippen LogP contribution in [0.5, 0.6) is 0 Å². The van der Waals surface area contributed by atoms with Gasteiger partial charge >= 0.3 is 6.03 Å². The minimum Gasteiger partial charge on any atom is -0.338 e. The van der Waals surface area contributed by atoms with Gasteiger partial charge in [0.2, 0.25) is 5.91 Å². The number of benzene rings is 1. The third kappa shape index (κ3) is 4.96. The van der Waals surface area contributed by atoms with Crippen molar-refractivity contribution < 1.29 is 9.59 Å². The molecular weight excluding hydrogens is 362 g/mol. The molecule has 2 N–H and O–H groups in total. The first-order valence-corrected chi connectivity index (χ1v) is 9.16. The predicted octanol–water partition coefficient (Wildman–Crippen LogP) is 2.94. The summed E-state index contributed by atoms with van der Waals surface area (Å²) in [6.45, 7) is 6.56. The Hall–Kier alpha value is -2.06. The molecule has 9 heteroatoms. The number of urea groups is 1. The van der Waals surface area contributed by atoms with Crippen molar-refractivity contribution in [3.8, 4) is 11.4 Å². The molecule has 0 fully saturated rings. The molecule has 0 radical (unpaired) electrons. The number of carbonyl (C=O) groups excluding carboxylic acids is 2. The highest BCUT2D eigenvalue weighted by atomic mass is 35.5. The van der Waals surface area contributed by atoms with Crippen molar-refractivity contribution in [2.45, 2.75) is 37.7 Å². The zero-order valence-corrected chi connectivity index (χ0v) is 15.8. The van der Waals surface area contributed by atoms with E-state index in [9.17, 15) is 9.59 Å². The number of rotatable bonds is 6. The molecule has 2 rings (SSSR count). The molecule has 0 bridgehead atoms. The summed E-state index contributed by atoms with van der Waals surface area (Å²) in [4.78, 5) is 23.5. The molecule has 1 aromatic carbocycles. The molecule has 1 atom stereocenters. The zero-order valence-electron chi connectivity index (χ0n) is 14.2. The summed E-state index contributed by atoms with van der Waals surface area (Å²) in [5, 5.41) is 14.0. The van der Waals surface area contributed by atoms with Gasteiger partial charge in [0.05, 0.1) is 5.25 Å². The highest BCUT2D eigenvalue weighted by molar-refractivity contribution is 8.00. The highest BCUT2D eigenvalue weighted by Crippen LogP contribution is 2.27. The summed E-state index contributed by atoms with van der Waals surface area (Å²) in [7, 11) is 0. The second kappa shape index (κ2) is 8.87. The lowest BCUT2D eigenvalue weighted by Gasteiger charge is -2.12. The van der Waals surface area contributed by atoms with Crippen molar-refractivity contribution in [1.29, 1.82) is 0 Å². The van der Waals surface area contributed by atoms with Gasteiger partial charge in [-0.05, 0) is 32.9 Å². The summed E-state index contributed by atoms with van der Waals surface area (Å²) >= 11 is 7.29. The molecule has 7 nitrogen and oxygen atoms in total. The van der Waals surface area contributed by atoms with E-state index in [-0.39, 0.29) is 5.91 Å². The fourth-order valence-electron chi connectivity index (χ4n) is 2.13. The molecule has 0 saturated carbocycles. The molecule has 0 aliphatic heterocycles. The van der Waals surface area contributed by atoms with E-state index in [0.29, 0.717) is 29.1 Å². The van der Waals surface area contributed by atoms with Crippen LogP contribution in [-0.2, 0) is 11.3 Å². The Morgan fingerprint density at radius 2 is 2.08 bits per heavy atom. The maximum Gasteiger partial charge on any atom is 0.321 e. The predicted molar refractivity (Wildman–Crippen MR) is 98.7 cm³/mol. The molecular formula is C16H20ClN5O2S. The quantitative estimate of drug-likeness (QED) is 0.751. The van der Waals surface area contributed by atoms with Crippen molar-refractivity contribution in [2.75, 3.05) is 6.54 Å². The monoisotopic (exact) mass is 381 g/mol. The minimum absolute atomic E-state index is 0.383. The molecule has 0 aliphatic rings. The van der Waals surface area contributed by atoms with Crippen LogP contribution in [0.1, 0.15) is 20.8 Å². The van der Waals surface area contributed by atoms with E-state index in [1.807, 2.05) is 29.7 Å². The molecule has 134 valence electrons. The zero-order chi connectivity index (χ0) is 18.4. The number of hydrogen-bond acceptors (Lipinski definition) is 5. The Bertz CT molecular complexity index is 765. The second-order valence-corrected chi connectivity index (χ2v) is 6.91. The summed E-state index contributed by atoms with van der Waals surface area (Å²) in [5.41, 5.74) is 0.855. The number of thioether (sulfide) groups is 1. The Kier molecular flexibility index (Phi) is 6.83. The lowest BCUT2D eigenvalue weighted by Crippen LogP contribution is -2.42. The number of nitrogens with one attached hydrogen (secondary N) is 2. The standard InChI is InChI=1S/C16H20ClN5O2S/c1-4-18-15(24)19-14(23)10(3)25-16-21-20-13(22(16)5-2)11-7-6-8-12(17)9-11/h6-10H,4-5H2,1-3H3,(H2,18,19,23,24). The number of aromatic nitrogens is 3. The fourth-order valence-corrected chi connectivity index (χ4v) is 3.24. The van der Waals surface area contributed by atoms with Crippen molar-refractivity contribution in [3.63, 3.8) is 0 Å². The first-order valence-electron chi connectivity index (χ1n) is 7.90. The van der Waals surface area contributed by atoms with Gasteiger partial charge in [-0.2, -0.15) is 0 Å². The molecule has 0 saturated heterocycles. The van der Waals surface area contributed by atoms with Gasteiger partial charge in [-0.3, -0.25) is 10.1 Å². The molecule has 3 amide bonds. The Morgan fingerprint density at radius 3 is 2.72 bits per heavy atom. The molecule has 0 aliphatic carbocycles. The van der Waals surface area contributed by atoms with Crippen molar-refractivity contribution in [2.24, 2.45) is 0 Å². The topological polar surface area (TPSA) is 88.9 Å². The summed E-state index contributed by atoms with van der Waals surface area (Å²) in [5.74, 6) is 0.301. The van der Waals surface area contributed by atoms with E-state index in [1.165, 1.54) is 11.8 Å². The molecule has 1 heterocycles. The van der Waals surface area contributed by atoms with Gasteiger partial charge in [-0.15, -0.1) is 10.2 Å². The normalized spacial score (nSPS) is 11.8. The van der Waals surface area contributed by atoms with Gasteiger partial charge in [0, 0.05) is 23.7 Å². The Balaban J connectivity index is 2.15. The minimum atomic E-state index is -0.503. The largest absolute Gasteiger partial charge is 0.338 e. The average molecular weight is 382 g/mol.